The lowest BCUT2D eigenvalue weighted by atomic mass is 10.2. The summed E-state index contributed by atoms with van der Waals surface area (Å²) in [6.07, 6.45) is 3.24. The van der Waals surface area contributed by atoms with Crippen LogP contribution in [0.4, 0.5) is 5.69 Å². The first kappa shape index (κ1) is 13.5. The molecule has 0 atom stereocenters. The van der Waals surface area contributed by atoms with E-state index in [-0.39, 0.29) is 0 Å². The van der Waals surface area contributed by atoms with E-state index in [1.165, 1.54) is 5.69 Å². The third kappa shape index (κ3) is 4.08. The molecule has 3 nitrogen and oxygen atoms in total. The Kier molecular flexibility index (Phi) is 4.99. The van der Waals surface area contributed by atoms with Crippen LogP contribution in [0.15, 0.2) is 30.3 Å². The van der Waals surface area contributed by atoms with E-state index >= 15 is 0 Å². The van der Waals surface area contributed by atoms with Crippen molar-refractivity contribution in [1.29, 1.82) is 5.26 Å². The van der Waals surface area contributed by atoms with Crippen molar-refractivity contribution in [2.75, 3.05) is 33.7 Å². The maximum atomic E-state index is 8.84. The van der Waals surface area contributed by atoms with Gasteiger partial charge in [-0.15, -0.1) is 0 Å². The third-order valence-corrected chi connectivity index (χ3v) is 3.12. The molecular formula is C14H22N3+. The van der Waals surface area contributed by atoms with Gasteiger partial charge in [-0.1, -0.05) is 18.2 Å². The van der Waals surface area contributed by atoms with Crippen LogP contribution in [0.1, 0.15) is 13.3 Å². The fourth-order valence-corrected chi connectivity index (χ4v) is 1.90. The molecule has 0 aliphatic heterocycles. The quantitative estimate of drug-likeness (QED) is 0.428. The number of nitrogens with zero attached hydrogens (tertiary/aromatic N) is 3. The summed E-state index contributed by atoms with van der Waals surface area (Å²) in [6.45, 7) is 4.71. The van der Waals surface area contributed by atoms with Gasteiger partial charge < -0.3 is 4.90 Å². The topological polar surface area (TPSA) is 27.0 Å². The standard InChI is InChI=1S/C14H22N3/c1-4-16(13-15)11-8-12-17(2,3)14-9-6-5-7-10-14/h5-7,9-10H,4,8,11-12H2,1-3H3/q+1. The fourth-order valence-electron chi connectivity index (χ4n) is 1.90. The first-order valence-electron chi connectivity index (χ1n) is 6.13. The monoisotopic (exact) mass is 232 g/mol. The second-order valence-electron chi connectivity index (χ2n) is 4.78. The van der Waals surface area contributed by atoms with Crippen molar-refractivity contribution in [3.63, 3.8) is 0 Å². The Morgan fingerprint density at radius 1 is 1.24 bits per heavy atom. The van der Waals surface area contributed by atoms with E-state index in [9.17, 15) is 0 Å². The first-order chi connectivity index (χ1) is 8.10. The molecular weight excluding hydrogens is 210 g/mol. The molecule has 1 rings (SSSR count). The van der Waals surface area contributed by atoms with Crippen LogP contribution < -0.4 is 4.48 Å². The highest BCUT2D eigenvalue weighted by Crippen LogP contribution is 2.18. The number of benzene rings is 1. The summed E-state index contributed by atoms with van der Waals surface area (Å²) in [6, 6.07) is 10.5. The maximum absolute atomic E-state index is 8.84. The van der Waals surface area contributed by atoms with Crippen molar-refractivity contribution in [3.8, 4) is 6.19 Å². The Balaban J connectivity index is 2.49. The molecule has 17 heavy (non-hydrogen) atoms. The molecule has 0 aromatic heterocycles. The van der Waals surface area contributed by atoms with Crippen LogP contribution in [0.5, 0.6) is 0 Å². The van der Waals surface area contributed by atoms with Gasteiger partial charge in [-0.2, -0.15) is 5.26 Å². The zero-order chi connectivity index (χ0) is 12.7. The Morgan fingerprint density at radius 3 is 2.41 bits per heavy atom. The predicted molar refractivity (Wildman–Crippen MR) is 72.4 cm³/mol. The van der Waals surface area contributed by atoms with Crippen molar-refractivity contribution < 1.29 is 0 Å². The van der Waals surface area contributed by atoms with Crippen molar-refractivity contribution in [2.24, 2.45) is 0 Å². The summed E-state index contributed by atoms with van der Waals surface area (Å²) in [5.74, 6) is 0. The largest absolute Gasteiger partial charge is 0.311 e. The number of quaternary nitrogens is 1. The lowest BCUT2D eigenvalue weighted by Gasteiger charge is -2.29. The minimum atomic E-state index is 0.801. The van der Waals surface area contributed by atoms with E-state index in [0.717, 1.165) is 30.5 Å². The summed E-state index contributed by atoms with van der Waals surface area (Å²) < 4.78 is 0.865. The highest BCUT2D eigenvalue weighted by atomic mass is 15.3. The Hall–Kier alpha value is -1.53. The Bertz CT molecular complexity index is 365. The molecule has 0 unspecified atom stereocenters. The molecule has 0 radical (unpaired) electrons. The second-order valence-corrected chi connectivity index (χ2v) is 4.78. The van der Waals surface area contributed by atoms with Crippen LogP contribution in [0.3, 0.4) is 0 Å². The van der Waals surface area contributed by atoms with E-state index < -0.39 is 0 Å². The molecule has 0 amide bonds. The highest BCUT2D eigenvalue weighted by molar-refractivity contribution is 5.40. The fraction of sp³-hybridized carbons (Fsp3) is 0.500. The van der Waals surface area contributed by atoms with Crippen molar-refractivity contribution >= 4 is 5.69 Å². The van der Waals surface area contributed by atoms with Gasteiger partial charge in [0.1, 0.15) is 5.69 Å². The van der Waals surface area contributed by atoms with E-state index in [0.29, 0.717) is 0 Å². The number of hydrogen-bond acceptors (Lipinski definition) is 2. The summed E-state index contributed by atoms with van der Waals surface area (Å²) in [5, 5.41) is 8.84. The summed E-state index contributed by atoms with van der Waals surface area (Å²) in [5.41, 5.74) is 1.31. The van der Waals surface area contributed by atoms with Crippen molar-refractivity contribution in [1.82, 2.24) is 9.38 Å². The van der Waals surface area contributed by atoms with E-state index in [2.05, 4.69) is 44.6 Å². The molecule has 0 aliphatic rings. The van der Waals surface area contributed by atoms with Gasteiger partial charge >= 0.3 is 0 Å². The molecule has 0 N–H and O–H groups in total. The number of hydrogen-bond donors (Lipinski definition) is 0. The molecule has 0 bridgehead atoms. The average Bonchev–Trinajstić information content (AvgIpc) is 2.36. The van der Waals surface area contributed by atoms with Crippen molar-refractivity contribution in [2.45, 2.75) is 13.3 Å². The van der Waals surface area contributed by atoms with Gasteiger partial charge in [-0.3, -0.25) is 4.48 Å². The molecule has 0 fully saturated rings. The van der Waals surface area contributed by atoms with Crippen LogP contribution in [0, 0.1) is 11.5 Å². The third-order valence-electron chi connectivity index (χ3n) is 3.12. The summed E-state index contributed by atoms with van der Waals surface area (Å²) in [7, 11) is 4.41. The minimum absolute atomic E-state index is 0.801. The molecule has 0 spiro atoms. The van der Waals surface area contributed by atoms with E-state index in [1.54, 1.807) is 4.90 Å². The first-order valence-corrected chi connectivity index (χ1v) is 6.13. The molecule has 1 aromatic rings. The molecule has 0 aliphatic carbocycles. The number of para-hydroxylation sites is 1. The lowest BCUT2D eigenvalue weighted by Crippen LogP contribution is -2.42. The van der Waals surface area contributed by atoms with Crippen LogP contribution in [-0.2, 0) is 0 Å². The van der Waals surface area contributed by atoms with E-state index in [1.807, 2.05) is 13.0 Å². The van der Waals surface area contributed by atoms with Gasteiger partial charge in [0.15, 0.2) is 6.19 Å². The van der Waals surface area contributed by atoms with Gasteiger partial charge in [0.05, 0.1) is 20.6 Å². The van der Waals surface area contributed by atoms with Crippen molar-refractivity contribution in [3.05, 3.63) is 30.3 Å². The molecule has 0 saturated carbocycles. The van der Waals surface area contributed by atoms with Crippen LogP contribution in [-0.4, -0.2) is 38.6 Å². The molecule has 0 heterocycles. The van der Waals surface area contributed by atoms with Gasteiger partial charge in [-0.05, 0) is 19.1 Å². The maximum Gasteiger partial charge on any atom is 0.179 e. The zero-order valence-corrected chi connectivity index (χ0v) is 11.1. The normalized spacial score (nSPS) is 10.9. The van der Waals surface area contributed by atoms with Gasteiger partial charge in [0.25, 0.3) is 0 Å². The van der Waals surface area contributed by atoms with E-state index in [4.69, 9.17) is 5.26 Å². The number of nitriles is 1. The highest BCUT2D eigenvalue weighted by Gasteiger charge is 2.17. The smallest absolute Gasteiger partial charge is 0.179 e. The van der Waals surface area contributed by atoms with Crippen LogP contribution >= 0.6 is 0 Å². The Morgan fingerprint density at radius 2 is 1.88 bits per heavy atom. The second kappa shape index (κ2) is 6.27. The molecule has 0 saturated heterocycles. The predicted octanol–water partition coefficient (Wildman–Crippen LogP) is 2.45. The van der Waals surface area contributed by atoms with Gasteiger partial charge in [-0.25, -0.2) is 0 Å². The molecule has 1 aromatic carbocycles. The average molecular weight is 232 g/mol. The molecule has 3 heteroatoms. The van der Waals surface area contributed by atoms with Gasteiger partial charge in [0, 0.05) is 19.5 Å². The lowest BCUT2D eigenvalue weighted by molar-refractivity contribution is 0.340. The SMILES string of the molecule is CCN(C#N)CCC[N+](C)(C)c1ccccc1. The van der Waals surface area contributed by atoms with Gasteiger partial charge in [0.2, 0.25) is 0 Å². The van der Waals surface area contributed by atoms with Crippen LogP contribution in [0.2, 0.25) is 0 Å². The summed E-state index contributed by atoms with van der Waals surface area (Å²) >= 11 is 0. The number of rotatable bonds is 6. The van der Waals surface area contributed by atoms with Crippen LogP contribution in [0.25, 0.3) is 0 Å². The minimum Gasteiger partial charge on any atom is -0.311 e. The molecule has 92 valence electrons. The zero-order valence-electron chi connectivity index (χ0n) is 11.1. The Labute approximate surface area is 104 Å². The summed E-state index contributed by atoms with van der Waals surface area (Å²) in [4.78, 5) is 1.80.